The summed E-state index contributed by atoms with van der Waals surface area (Å²) in [6.07, 6.45) is 3.08. The summed E-state index contributed by atoms with van der Waals surface area (Å²) in [5, 5.41) is 10.9. The molecule has 1 aromatic rings. The highest BCUT2D eigenvalue weighted by Gasteiger charge is 2.05. The first-order chi connectivity index (χ1) is 4.34. The summed E-state index contributed by atoms with van der Waals surface area (Å²) < 4.78 is 0. The Morgan fingerprint density at radius 3 is 3.11 bits per heavy atom. The molecule has 0 aliphatic heterocycles. The van der Waals surface area contributed by atoms with Gasteiger partial charge in [0, 0.05) is 0 Å². The van der Waals surface area contributed by atoms with Crippen LogP contribution in [0.25, 0.3) is 0 Å². The van der Waals surface area contributed by atoms with Crippen molar-refractivity contribution in [2.75, 3.05) is 0 Å². The molecule has 0 amide bonds. The Hall–Kier alpha value is -0.830. The minimum absolute atomic E-state index is 0.613. The van der Waals surface area contributed by atoms with Crippen molar-refractivity contribution in [2.24, 2.45) is 0 Å². The van der Waals surface area contributed by atoms with Gasteiger partial charge in [0.1, 0.15) is 6.10 Å². The predicted molar refractivity (Wildman–Crippen MR) is 32.3 cm³/mol. The number of aromatic nitrogens is 2. The Morgan fingerprint density at radius 1 is 1.89 bits per heavy atom. The highest BCUT2D eigenvalue weighted by molar-refractivity contribution is 4.97. The molecule has 3 heteroatoms. The molecule has 3 nitrogen and oxygen atoms in total. The second-order valence-corrected chi connectivity index (χ2v) is 1.90. The molecule has 1 N–H and O–H groups in total. The molecule has 1 aromatic heterocycles. The van der Waals surface area contributed by atoms with Gasteiger partial charge in [0.05, 0.1) is 18.2 Å². The summed E-state index contributed by atoms with van der Waals surface area (Å²) in [6, 6.07) is 0. The van der Waals surface area contributed by atoms with Gasteiger partial charge in [-0.2, -0.15) is 0 Å². The van der Waals surface area contributed by atoms with Gasteiger partial charge in [-0.3, -0.25) is 0 Å². The summed E-state index contributed by atoms with van der Waals surface area (Å²) >= 11 is 0. The van der Waals surface area contributed by atoms with Gasteiger partial charge in [0.2, 0.25) is 0 Å². The smallest absolute Gasteiger partial charge is 0.134 e. The number of rotatable bonds is 2. The van der Waals surface area contributed by atoms with Crippen molar-refractivity contribution < 1.29 is 5.11 Å². The number of hydrogen-bond donors (Lipinski definition) is 1. The first-order valence-electron chi connectivity index (χ1n) is 2.98. The fourth-order valence-corrected chi connectivity index (χ4v) is 0.663. The molecule has 0 saturated heterocycles. The lowest BCUT2D eigenvalue weighted by atomic mass is 10.2. The second-order valence-electron chi connectivity index (χ2n) is 1.90. The van der Waals surface area contributed by atoms with E-state index in [1.54, 1.807) is 6.20 Å². The Bertz CT molecular complexity index is 160. The fraction of sp³-hybridized carbons (Fsp3) is 0.500. The normalized spacial score (nSPS) is 13.6. The van der Waals surface area contributed by atoms with Crippen molar-refractivity contribution in [3.8, 4) is 0 Å². The molecule has 1 unspecified atom stereocenters. The van der Waals surface area contributed by atoms with Crippen molar-refractivity contribution in [3.05, 3.63) is 18.2 Å². The van der Waals surface area contributed by atoms with Crippen molar-refractivity contribution in [2.45, 2.75) is 19.4 Å². The van der Waals surface area contributed by atoms with Gasteiger partial charge in [-0.15, -0.1) is 0 Å². The summed E-state index contributed by atoms with van der Waals surface area (Å²) in [5.74, 6) is 0. The van der Waals surface area contributed by atoms with Crippen LogP contribution in [0.5, 0.6) is 0 Å². The third-order valence-electron chi connectivity index (χ3n) is 1.24. The van der Waals surface area contributed by atoms with Gasteiger partial charge in [-0.25, -0.2) is 10.1 Å². The van der Waals surface area contributed by atoms with Crippen LogP contribution in [0.3, 0.4) is 0 Å². The van der Waals surface area contributed by atoms with Gasteiger partial charge in [-0.1, -0.05) is 6.92 Å². The van der Waals surface area contributed by atoms with Gasteiger partial charge < -0.3 is 4.98 Å². The molecular formula is C6H9N2O. The van der Waals surface area contributed by atoms with Crippen LogP contribution in [0.2, 0.25) is 0 Å². The first-order valence-corrected chi connectivity index (χ1v) is 2.98. The number of nitrogens with zero attached hydrogens (tertiary/aromatic N) is 1. The maximum Gasteiger partial charge on any atom is 0.134 e. The van der Waals surface area contributed by atoms with E-state index in [2.05, 4.69) is 9.97 Å². The van der Waals surface area contributed by atoms with E-state index >= 15 is 0 Å². The molecule has 0 aliphatic carbocycles. The minimum Gasteiger partial charge on any atom is -0.346 e. The molecule has 0 bridgehead atoms. The van der Waals surface area contributed by atoms with E-state index in [0.29, 0.717) is 12.1 Å². The summed E-state index contributed by atoms with van der Waals surface area (Å²) in [7, 11) is 0. The third-order valence-corrected chi connectivity index (χ3v) is 1.24. The fourth-order valence-electron chi connectivity index (χ4n) is 0.663. The Balaban J connectivity index is 2.65. The molecule has 1 rings (SSSR count). The maximum absolute atomic E-state index is 10.9. The Morgan fingerprint density at radius 2 is 2.67 bits per heavy atom. The van der Waals surface area contributed by atoms with Crippen LogP contribution >= 0.6 is 0 Å². The van der Waals surface area contributed by atoms with Crippen LogP contribution in [0.4, 0.5) is 0 Å². The number of nitrogens with one attached hydrogen (secondary N) is 1. The maximum atomic E-state index is 10.9. The van der Waals surface area contributed by atoms with Gasteiger partial charge in [-0.05, 0) is 6.42 Å². The molecular weight excluding hydrogens is 116 g/mol. The van der Waals surface area contributed by atoms with E-state index in [1.165, 1.54) is 6.33 Å². The number of hydrogen-bond acceptors (Lipinski definition) is 1. The van der Waals surface area contributed by atoms with Crippen molar-refractivity contribution >= 4 is 0 Å². The molecule has 0 spiro atoms. The predicted octanol–water partition coefficient (Wildman–Crippen LogP) is 1.29. The minimum atomic E-state index is -0.632. The van der Waals surface area contributed by atoms with Crippen molar-refractivity contribution in [1.29, 1.82) is 0 Å². The topological polar surface area (TPSA) is 48.6 Å². The lowest BCUT2D eigenvalue weighted by Crippen LogP contribution is -1.91. The van der Waals surface area contributed by atoms with E-state index in [1.807, 2.05) is 6.92 Å². The number of imidazole rings is 1. The van der Waals surface area contributed by atoms with Gasteiger partial charge in [0.25, 0.3) is 0 Å². The lowest BCUT2D eigenvalue weighted by molar-refractivity contribution is 0.0823. The molecule has 0 fully saturated rings. The van der Waals surface area contributed by atoms with Crippen LogP contribution in [0, 0.1) is 0 Å². The third kappa shape index (κ3) is 1.29. The molecule has 49 valence electrons. The van der Waals surface area contributed by atoms with Crippen molar-refractivity contribution in [1.82, 2.24) is 9.97 Å². The van der Waals surface area contributed by atoms with Crippen LogP contribution in [-0.4, -0.2) is 9.97 Å². The number of H-pyrrole nitrogens is 1. The van der Waals surface area contributed by atoms with Crippen LogP contribution in [0.1, 0.15) is 25.1 Å². The molecule has 9 heavy (non-hydrogen) atoms. The lowest BCUT2D eigenvalue weighted by Gasteiger charge is -1.98. The van der Waals surface area contributed by atoms with E-state index in [4.69, 9.17) is 0 Å². The zero-order valence-electron chi connectivity index (χ0n) is 5.29. The highest BCUT2D eigenvalue weighted by atomic mass is 16.3. The average Bonchev–Trinajstić information content (AvgIpc) is 2.37. The van der Waals surface area contributed by atoms with E-state index in [-0.39, 0.29) is 0 Å². The molecule has 1 heterocycles. The highest BCUT2D eigenvalue weighted by Crippen LogP contribution is 2.11. The van der Waals surface area contributed by atoms with Gasteiger partial charge >= 0.3 is 0 Å². The van der Waals surface area contributed by atoms with Crippen molar-refractivity contribution in [3.63, 3.8) is 0 Å². The van der Waals surface area contributed by atoms with Crippen LogP contribution in [-0.2, 0) is 5.11 Å². The van der Waals surface area contributed by atoms with E-state index in [0.717, 1.165) is 0 Å². The SMILES string of the molecule is CCC([O])c1cnc[nH]1. The molecule has 1 atom stereocenters. The molecule has 1 radical (unpaired) electrons. The molecule has 0 aliphatic rings. The summed E-state index contributed by atoms with van der Waals surface area (Å²) in [6.45, 7) is 1.86. The number of aromatic amines is 1. The van der Waals surface area contributed by atoms with Gasteiger partial charge in [0.15, 0.2) is 0 Å². The molecule has 0 aromatic carbocycles. The first kappa shape index (κ1) is 6.29. The zero-order chi connectivity index (χ0) is 6.69. The summed E-state index contributed by atoms with van der Waals surface area (Å²) in [4.78, 5) is 6.50. The second kappa shape index (κ2) is 2.64. The molecule has 0 saturated carbocycles. The van der Waals surface area contributed by atoms with E-state index < -0.39 is 6.10 Å². The standard InChI is InChI=1S/C6H9N2O/c1-2-6(9)5-3-7-4-8-5/h3-4,6H,2H2,1H3,(H,7,8). The van der Waals surface area contributed by atoms with Crippen LogP contribution < -0.4 is 0 Å². The summed E-state index contributed by atoms with van der Waals surface area (Å²) in [5.41, 5.74) is 0.678. The van der Waals surface area contributed by atoms with Crippen LogP contribution in [0.15, 0.2) is 12.5 Å². The van der Waals surface area contributed by atoms with E-state index in [9.17, 15) is 5.11 Å². The largest absolute Gasteiger partial charge is 0.346 e. The Labute approximate surface area is 53.7 Å². The Kier molecular flexibility index (Phi) is 1.85. The monoisotopic (exact) mass is 125 g/mol. The average molecular weight is 125 g/mol. The zero-order valence-corrected chi connectivity index (χ0v) is 5.29. The quantitative estimate of drug-likeness (QED) is 0.636.